The van der Waals surface area contributed by atoms with Gasteiger partial charge in [-0.25, -0.2) is 0 Å². The molecule has 2 heteroatoms. The average Bonchev–Trinajstić information content (AvgIpc) is 1.63. The second-order valence-electron chi connectivity index (χ2n) is 2.37. The maximum Gasteiger partial charge on any atom is 0.224 e. The Morgan fingerprint density at radius 2 is 2.33 bits per heavy atom. The Morgan fingerprint density at radius 1 is 1.78 bits per heavy atom. The molecule has 0 fully saturated rings. The minimum absolute atomic E-state index is 0.0417. The van der Waals surface area contributed by atoms with Crippen LogP contribution in [0.3, 0.4) is 0 Å². The van der Waals surface area contributed by atoms with E-state index in [1.165, 1.54) is 6.20 Å². The monoisotopic (exact) mass is 127 g/mol. The number of hydrogen-bond donors (Lipinski definition) is 1. The first-order valence-electron chi connectivity index (χ1n) is 3.07. The number of carbonyl (C=O) groups excluding carboxylic acids is 1. The van der Waals surface area contributed by atoms with Crippen molar-refractivity contribution >= 4 is 5.91 Å². The van der Waals surface area contributed by atoms with Gasteiger partial charge in [0, 0.05) is 6.42 Å². The molecule has 0 rings (SSSR count). The standard InChI is InChI=1S/C7H13NO/c1-4-8-7(9)5-6(2)3/h4,6H,1,5H2,2-3H3,(H,8,9). The second kappa shape index (κ2) is 4.13. The van der Waals surface area contributed by atoms with Crippen LogP contribution >= 0.6 is 0 Å². The average molecular weight is 127 g/mol. The molecule has 0 aromatic rings. The predicted octanol–water partition coefficient (Wildman–Crippen LogP) is 1.29. The molecule has 9 heavy (non-hydrogen) atoms. The molecule has 0 aliphatic rings. The van der Waals surface area contributed by atoms with Crippen LogP contribution in [0, 0.1) is 5.92 Å². The van der Waals surface area contributed by atoms with E-state index in [4.69, 9.17) is 0 Å². The van der Waals surface area contributed by atoms with E-state index in [1.807, 2.05) is 13.8 Å². The molecule has 2 nitrogen and oxygen atoms in total. The predicted molar refractivity (Wildman–Crippen MR) is 37.8 cm³/mol. The normalized spacial score (nSPS) is 9.22. The second-order valence-corrected chi connectivity index (χ2v) is 2.37. The van der Waals surface area contributed by atoms with Crippen molar-refractivity contribution in [3.8, 4) is 0 Å². The summed E-state index contributed by atoms with van der Waals surface area (Å²) in [7, 11) is 0. The van der Waals surface area contributed by atoms with Gasteiger partial charge in [0.2, 0.25) is 5.91 Å². The number of rotatable bonds is 3. The lowest BCUT2D eigenvalue weighted by atomic mass is 10.1. The van der Waals surface area contributed by atoms with Crippen LogP contribution in [-0.4, -0.2) is 5.91 Å². The highest BCUT2D eigenvalue weighted by atomic mass is 16.1. The summed E-state index contributed by atoms with van der Waals surface area (Å²) < 4.78 is 0. The zero-order chi connectivity index (χ0) is 7.28. The minimum Gasteiger partial charge on any atom is -0.333 e. The Hall–Kier alpha value is -0.790. The van der Waals surface area contributed by atoms with Crippen molar-refractivity contribution in [3.05, 3.63) is 12.8 Å². The summed E-state index contributed by atoms with van der Waals surface area (Å²) in [6.45, 7) is 7.38. The first-order valence-corrected chi connectivity index (χ1v) is 3.07. The number of nitrogens with one attached hydrogen (secondary N) is 1. The maximum absolute atomic E-state index is 10.7. The Morgan fingerprint density at radius 3 is 2.67 bits per heavy atom. The molecule has 0 atom stereocenters. The lowest BCUT2D eigenvalue weighted by Gasteiger charge is -2.00. The van der Waals surface area contributed by atoms with E-state index < -0.39 is 0 Å². The Bertz CT molecular complexity index is 107. The van der Waals surface area contributed by atoms with Crippen LogP contribution in [0.4, 0.5) is 0 Å². The molecule has 0 aromatic carbocycles. The van der Waals surface area contributed by atoms with Crippen molar-refractivity contribution in [3.63, 3.8) is 0 Å². The Kier molecular flexibility index (Phi) is 3.76. The molecule has 1 N–H and O–H groups in total. The third kappa shape index (κ3) is 5.07. The van der Waals surface area contributed by atoms with Crippen LogP contribution in [0.25, 0.3) is 0 Å². The fraction of sp³-hybridized carbons (Fsp3) is 0.571. The van der Waals surface area contributed by atoms with Gasteiger partial charge in [-0.1, -0.05) is 20.4 Å². The first kappa shape index (κ1) is 8.21. The van der Waals surface area contributed by atoms with Crippen LogP contribution < -0.4 is 5.32 Å². The molecule has 0 heterocycles. The lowest BCUT2D eigenvalue weighted by molar-refractivity contribution is -0.120. The van der Waals surface area contributed by atoms with Crippen molar-refractivity contribution in [2.24, 2.45) is 5.92 Å². The summed E-state index contributed by atoms with van der Waals surface area (Å²) in [5.41, 5.74) is 0. The maximum atomic E-state index is 10.7. The lowest BCUT2D eigenvalue weighted by Crippen LogP contribution is -2.17. The largest absolute Gasteiger partial charge is 0.333 e. The highest BCUT2D eigenvalue weighted by Crippen LogP contribution is 1.97. The zero-order valence-corrected chi connectivity index (χ0v) is 5.98. The van der Waals surface area contributed by atoms with Crippen molar-refractivity contribution in [2.75, 3.05) is 0 Å². The van der Waals surface area contributed by atoms with Crippen LogP contribution in [-0.2, 0) is 4.79 Å². The summed E-state index contributed by atoms with van der Waals surface area (Å²) in [5.74, 6) is 0.463. The smallest absolute Gasteiger partial charge is 0.224 e. The topological polar surface area (TPSA) is 29.1 Å². The Labute approximate surface area is 56.0 Å². The summed E-state index contributed by atoms with van der Waals surface area (Å²) in [6.07, 6.45) is 1.98. The van der Waals surface area contributed by atoms with E-state index in [-0.39, 0.29) is 5.91 Å². The van der Waals surface area contributed by atoms with Crippen LogP contribution in [0.5, 0.6) is 0 Å². The highest BCUT2D eigenvalue weighted by Gasteiger charge is 2.00. The molecule has 0 spiro atoms. The van der Waals surface area contributed by atoms with Crippen molar-refractivity contribution in [2.45, 2.75) is 20.3 Å². The third-order valence-corrected chi connectivity index (χ3v) is 0.857. The molecule has 52 valence electrons. The molecule has 0 aromatic heterocycles. The molecule has 0 saturated heterocycles. The van der Waals surface area contributed by atoms with Crippen LogP contribution in [0.15, 0.2) is 12.8 Å². The minimum atomic E-state index is 0.0417. The molecular weight excluding hydrogens is 114 g/mol. The summed E-state index contributed by atoms with van der Waals surface area (Å²) in [5, 5.41) is 2.50. The van der Waals surface area contributed by atoms with Gasteiger partial charge in [-0.15, -0.1) is 0 Å². The molecule has 0 aliphatic carbocycles. The van der Waals surface area contributed by atoms with Crippen LogP contribution in [0.2, 0.25) is 0 Å². The summed E-state index contributed by atoms with van der Waals surface area (Å²) >= 11 is 0. The van der Waals surface area contributed by atoms with Gasteiger partial charge < -0.3 is 5.32 Å². The van der Waals surface area contributed by atoms with E-state index in [2.05, 4.69) is 11.9 Å². The van der Waals surface area contributed by atoms with Crippen molar-refractivity contribution in [1.82, 2.24) is 5.32 Å². The van der Waals surface area contributed by atoms with Gasteiger partial charge in [0.25, 0.3) is 0 Å². The molecule has 0 saturated carbocycles. The Balaban J connectivity index is 3.38. The van der Waals surface area contributed by atoms with E-state index in [0.717, 1.165) is 0 Å². The van der Waals surface area contributed by atoms with E-state index in [0.29, 0.717) is 12.3 Å². The molecule has 0 bridgehead atoms. The zero-order valence-electron chi connectivity index (χ0n) is 5.98. The quantitative estimate of drug-likeness (QED) is 0.608. The van der Waals surface area contributed by atoms with E-state index in [9.17, 15) is 4.79 Å². The molecule has 0 aliphatic heterocycles. The number of carbonyl (C=O) groups is 1. The van der Waals surface area contributed by atoms with Crippen molar-refractivity contribution < 1.29 is 4.79 Å². The van der Waals surface area contributed by atoms with E-state index in [1.54, 1.807) is 0 Å². The van der Waals surface area contributed by atoms with E-state index >= 15 is 0 Å². The van der Waals surface area contributed by atoms with Gasteiger partial charge >= 0.3 is 0 Å². The van der Waals surface area contributed by atoms with Gasteiger partial charge in [-0.3, -0.25) is 4.79 Å². The van der Waals surface area contributed by atoms with Gasteiger partial charge in [0.1, 0.15) is 0 Å². The molecular formula is C7H13NO. The highest BCUT2D eigenvalue weighted by molar-refractivity contribution is 5.76. The van der Waals surface area contributed by atoms with Crippen molar-refractivity contribution in [1.29, 1.82) is 0 Å². The van der Waals surface area contributed by atoms with Gasteiger partial charge in [-0.2, -0.15) is 0 Å². The molecule has 1 amide bonds. The SMILES string of the molecule is C=CNC(=O)CC(C)C. The fourth-order valence-corrected chi connectivity index (χ4v) is 0.544. The molecule has 0 unspecified atom stereocenters. The fourth-order valence-electron chi connectivity index (χ4n) is 0.544. The molecule has 0 radical (unpaired) electrons. The van der Waals surface area contributed by atoms with Gasteiger partial charge in [0.05, 0.1) is 0 Å². The van der Waals surface area contributed by atoms with Gasteiger partial charge in [-0.05, 0) is 12.1 Å². The number of hydrogen-bond acceptors (Lipinski definition) is 1. The number of amides is 1. The third-order valence-electron chi connectivity index (χ3n) is 0.857. The van der Waals surface area contributed by atoms with Gasteiger partial charge in [0.15, 0.2) is 0 Å². The van der Waals surface area contributed by atoms with Crippen LogP contribution in [0.1, 0.15) is 20.3 Å². The summed E-state index contributed by atoms with van der Waals surface area (Å²) in [4.78, 5) is 10.7. The first-order chi connectivity index (χ1) is 4.16. The summed E-state index contributed by atoms with van der Waals surface area (Å²) in [6, 6.07) is 0.